The number of carbonyl (C=O) groups excluding carboxylic acids is 1. The van der Waals surface area contributed by atoms with E-state index >= 15 is 0 Å². The van der Waals surface area contributed by atoms with E-state index in [1.165, 1.54) is 44.9 Å². The molecule has 0 saturated carbocycles. The van der Waals surface area contributed by atoms with E-state index in [1.54, 1.807) is 0 Å². The highest BCUT2D eigenvalue weighted by Gasteiger charge is 2.24. The highest BCUT2D eigenvalue weighted by atomic mass is 16.1. The van der Waals surface area contributed by atoms with Crippen molar-refractivity contribution in [2.24, 2.45) is 17.6 Å². The van der Waals surface area contributed by atoms with E-state index in [-0.39, 0.29) is 11.8 Å². The van der Waals surface area contributed by atoms with E-state index in [2.05, 4.69) is 12.2 Å². The topological polar surface area (TPSA) is 55.1 Å². The third-order valence-corrected chi connectivity index (χ3v) is 3.81. The molecule has 0 aromatic carbocycles. The predicted molar refractivity (Wildman–Crippen MR) is 71.7 cm³/mol. The van der Waals surface area contributed by atoms with E-state index in [9.17, 15) is 4.79 Å². The molecule has 1 heterocycles. The lowest BCUT2D eigenvalue weighted by molar-refractivity contribution is -0.122. The van der Waals surface area contributed by atoms with E-state index < -0.39 is 0 Å². The first-order valence-corrected chi connectivity index (χ1v) is 7.24. The summed E-state index contributed by atoms with van der Waals surface area (Å²) in [5.41, 5.74) is 5.36. The fourth-order valence-corrected chi connectivity index (χ4v) is 2.68. The van der Waals surface area contributed by atoms with Gasteiger partial charge < -0.3 is 11.1 Å². The summed E-state index contributed by atoms with van der Waals surface area (Å²) in [5, 5.41) is 3.33. The molecule has 1 aliphatic rings. The van der Waals surface area contributed by atoms with Crippen molar-refractivity contribution in [1.29, 1.82) is 0 Å². The van der Waals surface area contributed by atoms with Crippen LogP contribution < -0.4 is 11.1 Å². The third-order valence-electron chi connectivity index (χ3n) is 3.81. The zero-order chi connectivity index (χ0) is 12.5. The smallest absolute Gasteiger partial charge is 0.221 e. The highest BCUT2D eigenvalue weighted by Crippen LogP contribution is 2.22. The zero-order valence-electron chi connectivity index (χ0n) is 11.2. The van der Waals surface area contributed by atoms with Crippen LogP contribution in [0.15, 0.2) is 0 Å². The molecule has 0 aliphatic carbocycles. The van der Waals surface area contributed by atoms with Gasteiger partial charge in [0.25, 0.3) is 0 Å². The Labute approximate surface area is 106 Å². The van der Waals surface area contributed by atoms with Crippen molar-refractivity contribution in [2.75, 3.05) is 13.1 Å². The highest BCUT2D eigenvalue weighted by molar-refractivity contribution is 5.77. The molecular formula is C14H28N2O. The van der Waals surface area contributed by atoms with E-state index in [1.807, 2.05) is 0 Å². The van der Waals surface area contributed by atoms with Crippen LogP contribution in [0.2, 0.25) is 0 Å². The molecule has 100 valence electrons. The molecule has 0 unspecified atom stereocenters. The average Bonchev–Trinajstić information content (AvgIpc) is 2.34. The van der Waals surface area contributed by atoms with Crippen molar-refractivity contribution in [1.82, 2.24) is 5.32 Å². The second kappa shape index (κ2) is 8.51. The lowest BCUT2D eigenvalue weighted by Crippen LogP contribution is -2.42. The first-order valence-electron chi connectivity index (χ1n) is 7.24. The fourth-order valence-electron chi connectivity index (χ4n) is 2.68. The molecule has 2 atom stereocenters. The number of nitrogens with one attached hydrogen (secondary N) is 1. The van der Waals surface area contributed by atoms with Gasteiger partial charge in [-0.05, 0) is 25.3 Å². The van der Waals surface area contributed by atoms with Crippen LogP contribution in [0.4, 0.5) is 0 Å². The van der Waals surface area contributed by atoms with Crippen molar-refractivity contribution in [2.45, 2.75) is 58.3 Å². The van der Waals surface area contributed by atoms with Gasteiger partial charge in [0, 0.05) is 6.54 Å². The van der Waals surface area contributed by atoms with Crippen molar-refractivity contribution in [3.63, 3.8) is 0 Å². The second-order valence-corrected chi connectivity index (χ2v) is 5.42. The van der Waals surface area contributed by atoms with Gasteiger partial charge in [0.1, 0.15) is 0 Å². The van der Waals surface area contributed by atoms with Gasteiger partial charge in [-0.3, -0.25) is 4.79 Å². The quantitative estimate of drug-likeness (QED) is 0.640. The number of amides is 1. The monoisotopic (exact) mass is 240 g/mol. The van der Waals surface area contributed by atoms with E-state index in [0.717, 1.165) is 19.5 Å². The van der Waals surface area contributed by atoms with E-state index in [4.69, 9.17) is 5.73 Å². The number of nitrogens with two attached hydrogens (primary N) is 1. The van der Waals surface area contributed by atoms with Crippen LogP contribution >= 0.6 is 0 Å². The number of primary amides is 1. The Kier molecular flexibility index (Phi) is 7.25. The lowest BCUT2D eigenvalue weighted by Gasteiger charge is -2.28. The Morgan fingerprint density at radius 3 is 2.59 bits per heavy atom. The van der Waals surface area contributed by atoms with Gasteiger partial charge in [0.15, 0.2) is 0 Å². The molecule has 3 N–H and O–H groups in total. The first kappa shape index (κ1) is 14.5. The number of piperidine rings is 1. The molecule has 3 nitrogen and oxygen atoms in total. The molecular weight excluding hydrogens is 212 g/mol. The molecule has 0 aromatic heterocycles. The van der Waals surface area contributed by atoms with Crippen LogP contribution in [0.3, 0.4) is 0 Å². The largest absolute Gasteiger partial charge is 0.369 e. The van der Waals surface area contributed by atoms with Crippen LogP contribution in [-0.2, 0) is 4.79 Å². The summed E-state index contributed by atoms with van der Waals surface area (Å²) < 4.78 is 0. The summed E-state index contributed by atoms with van der Waals surface area (Å²) in [4.78, 5) is 11.1. The molecule has 1 amide bonds. The first-order chi connectivity index (χ1) is 8.24. The number of rotatable bonds is 8. The Morgan fingerprint density at radius 2 is 1.88 bits per heavy atom. The Morgan fingerprint density at radius 1 is 1.18 bits per heavy atom. The SMILES string of the molecule is CCCCCCCC[C@H]1CNC[C@@H](C(N)=O)C1. The summed E-state index contributed by atoms with van der Waals surface area (Å²) >= 11 is 0. The molecule has 3 heteroatoms. The van der Waals surface area contributed by atoms with Crippen molar-refractivity contribution in [3.8, 4) is 0 Å². The number of hydrogen-bond donors (Lipinski definition) is 2. The maximum Gasteiger partial charge on any atom is 0.221 e. The van der Waals surface area contributed by atoms with Gasteiger partial charge in [0.2, 0.25) is 5.91 Å². The molecule has 0 spiro atoms. The minimum Gasteiger partial charge on any atom is -0.369 e. The molecule has 1 rings (SSSR count). The Hall–Kier alpha value is -0.570. The predicted octanol–water partition coefficient (Wildman–Crippen LogP) is 2.45. The molecule has 1 saturated heterocycles. The molecule has 0 radical (unpaired) electrons. The third kappa shape index (κ3) is 6.06. The van der Waals surface area contributed by atoms with Crippen LogP contribution in [0.5, 0.6) is 0 Å². The van der Waals surface area contributed by atoms with Gasteiger partial charge in [-0.2, -0.15) is 0 Å². The molecule has 17 heavy (non-hydrogen) atoms. The van der Waals surface area contributed by atoms with Gasteiger partial charge >= 0.3 is 0 Å². The van der Waals surface area contributed by atoms with Gasteiger partial charge in [-0.15, -0.1) is 0 Å². The molecule has 1 fully saturated rings. The van der Waals surface area contributed by atoms with Crippen molar-refractivity contribution in [3.05, 3.63) is 0 Å². The minimum atomic E-state index is -0.134. The minimum absolute atomic E-state index is 0.0637. The van der Waals surface area contributed by atoms with Crippen LogP contribution in [0.25, 0.3) is 0 Å². The van der Waals surface area contributed by atoms with Gasteiger partial charge in [-0.1, -0.05) is 45.4 Å². The number of unbranched alkanes of at least 4 members (excludes halogenated alkanes) is 5. The normalized spacial score (nSPS) is 24.8. The summed E-state index contributed by atoms with van der Waals surface area (Å²) in [6.45, 7) is 4.10. The maximum atomic E-state index is 11.1. The van der Waals surface area contributed by atoms with Crippen LogP contribution in [0.1, 0.15) is 58.3 Å². The standard InChI is InChI=1S/C14H28N2O/c1-2-3-4-5-6-7-8-12-9-13(14(15)17)11-16-10-12/h12-13,16H,2-11H2,1H3,(H2,15,17)/t12-,13+/m1/s1. The average molecular weight is 240 g/mol. The molecule has 0 aromatic rings. The lowest BCUT2D eigenvalue weighted by atomic mass is 9.86. The summed E-state index contributed by atoms with van der Waals surface area (Å²) in [6, 6.07) is 0. The number of hydrogen-bond acceptors (Lipinski definition) is 2. The summed E-state index contributed by atoms with van der Waals surface area (Å²) in [7, 11) is 0. The maximum absolute atomic E-state index is 11.1. The van der Waals surface area contributed by atoms with Gasteiger partial charge in [-0.25, -0.2) is 0 Å². The van der Waals surface area contributed by atoms with Crippen molar-refractivity contribution < 1.29 is 4.79 Å². The summed E-state index contributed by atoms with van der Waals surface area (Å²) in [6.07, 6.45) is 10.3. The van der Waals surface area contributed by atoms with Gasteiger partial charge in [0.05, 0.1) is 5.92 Å². The number of carbonyl (C=O) groups is 1. The fraction of sp³-hybridized carbons (Fsp3) is 0.929. The molecule has 0 bridgehead atoms. The Bertz CT molecular complexity index is 218. The van der Waals surface area contributed by atoms with Crippen molar-refractivity contribution >= 4 is 5.91 Å². The zero-order valence-corrected chi connectivity index (χ0v) is 11.2. The second-order valence-electron chi connectivity index (χ2n) is 5.42. The molecule has 1 aliphatic heterocycles. The summed E-state index contributed by atoms with van der Waals surface area (Å²) in [5.74, 6) is 0.589. The van der Waals surface area contributed by atoms with Crippen LogP contribution in [-0.4, -0.2) is 19.0 Å². The Balaban J connectivity index is 2.04. The van der Waals surface area contributed by atoms with E-state index in [0.29, 0.717) is 5.92 Å². The van der Waals surface area contributed by atoms with Crippen LogP contribution in [0, 0.1) is 11.8 Å².